The molecule has 6 nitrogen and oxygen atoms in total. The van der Waals surface area contributed by atoms with Crippen LogP contribution in [0.25, 0.3) is 33.8 Å². The van der Waals surface area contributed by atoms with Crippen molar-refractivity contribution >= 4 is 16.7 Å². The summed E-state index contributed by atoms with van der Waals surface area (Å²) in [5.41, 5.74) is 4.87. The first kappa shape index (κ1) is 16.6. The largest absolute Gasteiger partial charge is 0.216 e. The first-order chi connectivity index (χ1) is 13.5. The van der Waals surface area contributed by atoms with Crippen LogP contribution < -0.4 is 0 Å². The molecule has 0 aliphatic heterocycles. The van der Waals surface area contributed by atoms with Gasteiger partial charge in [0.2, 0.25) is 0 Å². The molecule has 5 rings (SSSR count). The third-order valence-electron chi connectivity index (χ3n) is 4.92. The molecular weight excluding hydrogens is 348 g/mol. The molecule has 0 bridgehead atoms. The normalized spacial score (nSPS) is 12.1. The number of nitrogens with zero attached hydrogens (tertiary/aromatic N) is 6. The summed E-state index contributed by atoms with van der Waals surface area (Å²) in [4.78, 5) is 9.33. The fraction of sp³-hybridized carbons (Fsp3) is 0.182. The van der Waals surface area contributed by atoms with Crippen molar-refractivity contribution in [3.05, 3.63) is 72.7 Å². The third kappa shape index (κ3) is 2.65. The zero-order chi connectivity index (χ0) is 19.3. The van der Waals surface area contributed by atoms with E-state index in [2.05, 4.69) is 60.2 Å². The molecule has 0 spiro atoms. The van der Waals surface area contributed by atoms with Gasteiger partial charge in [0.1, 0.15) is 6.33 Å². The number of rotatable bonds is 2. The van der Waals surface area contributed by atoms with Gasteiger partial charge in [-0.3, -0.25) is 0 Å². The molecule has 0 aliphatic rings. The summed E-state index contributed by atoms with van der Waals surface area (Å²) in [5, 5.41) is 9.99. The van der Waals surface area contributed by atoms with E-state index in [0.717, 1.165) is 27.9 Å². The molecular formula is C22H20N6. The molecule has 3 heterocycles. The highest BCUT2D eigenvalue weighted by Crippen LogP contribution is 2.26. The first-order valence-electron chi connectivity index (χ1n) is 9.26. The van der Waals surface area contributed by atoms with Crippen LogP contribution in [0, 0.1) is 0 Å². The van der Waals surface area contributed by atoms with Crippen LogP contribution in [-0.2, 0) is 5.41 Å². The molecule has 138 valence electrons. The summed E-state index contributed by atoms with van der Waals surface area (Å²) in [7, 11) is 0. The summed E-state index contributed by atoms with van der Waals surface area (Å²) >= 11 is 0. The van der Waals surface area contributed by atoms with Crippen LogP contribution in [0.15, 0.2) is 67.1 Å². The molecule has 0 unspecified atom stereocenters. The second-order valence-corrected chi connectivity index (χ2v) is 7.90. The zero-order valence-electron chi connectivity index (χ0n) is 16.0. The fourth-order valence-electron chi connectivity index (χ4n) is 3.32. The van der Waals surface area contributed by atoms with E-state index in [1.807, 2.05) is 35.0 Å². The Morgan fingerprint density at radius 1 is 0.857 bits per heavy atom. The highest BCUT2D eigenvalue weighted by atomic mass is 15.3. The van der Waals surface area contributed by atoms with Gasteiger partial charge in [0, 0.05) is 5.56 Å². The predicted molar refractivity (Wildman–Crippen MR) is 110 cm³/mol. The lowest BCUT2D eigenvalue weighted by atomic mass is 9.87. The predicted octanol–water partition coefficient (Wildman–Crippen LogP) is 4.43. The molecule has 28 heavy (non-hydrogen) atoms. The maximum atomic E-state index is 4.77. The monoisotopic (exact) mass is 368 g/mol. The SMILES string of the molecule is CC(C)(C)c1ccc(-c2nc3c4cnn(-c5ccccc5)c4ncn3n2)cc1. The average molecular weight is 368 g/mol. The molecule has 2 aromatic carbocycles. The summed E-state index contributed by atoms with van der Waals surface area (Å²) in [6.45, 7) is 6.62. The fourth-order valence-corrected chi connectivity index (χ4v) is 3.32. The lowest BCUT2D eigenvalue weighted by Crippen LogP contribution is -2.10. The highest BCUT2D eigenvalue weighted by Gasteiger charge is 2.16. The van der Waals surface area contributed by atoms with Crippen molar-refractivity contribution in [3.63, 3.8) is 0 Å². The van der Waals surface area contributed by atoms with Gasteiger partial charge in [-0.1, -0.05) is 63.2 Å². The Morgan fingerprint density at radius 3 is 2.32 bits per heavy atom. The van der Waals surface area contributed by atoms with Gasteiger partial charge in [-0.15, -0.1) is 5.10 Å². The summed E-state index contributed by atoms with van der Waals surface area (Å²) in [5.74, 6) is 0.683. The number of hydrogen-bond donors (Lipinski definition) is 0. The average Bonchev–Trinajstić information content (AvgIpc) is 3.32. The summed E-state index contributed by atoms with van der Waals surface area (Å²) in [6, 6.07) is 18.4. The van der Waals surface area contributed by atoms with E-state index in [1.165, 1.54) is 5.56 Å². The van der Waals surface area contributed by atoms with Crippen LogP contribution in [0.1, 0.15) is 26.3 Å². The van der Waals surface area contributed by atoms with Gasteiger partial charge < -0.3 is 0 Å². The lowest BCUT2D eigenvalue weighted by molar-refractivity contribution is 0.590. The second-order valence-electron chi connectivity index (χ2n) is 7.90. The Balaban J connectivity index is 1.62. The quantitative estimate of drug-likeness (QED) is 0.462. The van der Waals surface area contributed by atoms with Gasteiger partial charge in [0.15, 0.2) is 17.1 Å². The zero-order valence-corrected chi connectivity index (χ0v) is 16.0. The lowest BCUT2D eigenvalue weighted by Gasteiger charge is -2.18. The molecule has 0 N–H and O–H groups in total. The van der Waals surface area contributed by atoms with Crippen LogP contribution in [0.3, 0.4) is 0 Å². The molecule has 0 saturated heterocycles. The Kier molecular flexibility index (Phi) is 3.55. The van der Waals surface area contributed by atoms with Crippen molar-refractivity contribution < 1.29 is 0 Å². The maximum absolute atomic E-state index is 4.77. The minimum Gasteiger partial charge on any atom is -0.216 e. The van der Waals surface area contributed by atoms with Crippen LogP contribution in [-0.4, -0.2) is 29.4 Å². The molecule has 0 fully saturated rings. The smallest absolute Gasteiger partial charge is 0.182 e. The first-order valence-corrected chi connectivity index (χ1v) is 9.26. The molecule has 5 aromatic rings. The molecule has 0 saturated carbocycles. The number of para-hydroxylation sites is 1. The Morgan fingerprint density at radius 2 is 1.61 bits per heavy atom. The number of fused-ring (bicyclic) bond motifs is 3. The van der Waals surface area contributed by atoms with Crippen LogP contribution in [0.5, 0.6) is 0 Å². The van der Waals surface area contributed by atoms with Gasteiger partial charge in [0.05, 0.1) is 17.3 Å². The van der Waals surface area contributed by atoms with Crippen molar-refractivity contribution in [2.45, 2.75) is 26.2 Å². The van der Waals surface area contributed by atoms with E-state index in [-0.39, 0.29) is 5.41 Å². The van der Waals surface area contributed by atoms with Crippen molar-refractivity contribution in [2.24, 2.45) is 0 Å². The molecule has 3 aromatic heterocycles. The highest BCUT2D eigenvalue weighted by molar-refractivity contribution is 5.89. The Labute approximate surface area is 162 Å². The topological polar surface area (TPSA) is 60.9 Å². The minimum atomic E-state index is 0.118. The Bertz CT molecular complexity index is 1270. The van der Waals surface area contributed by atoms with E-state index < -0.39 is 0 Å². The standard InChI is InChI=1S/C22H20N6/c1-22(2,3)16-11-9-15(10-12-16)19-25-21-18-13-24-28(17-7-5-4-6-8-17)20(18)23-14-27(21)26-19/h4-14H,1-3H3. The molecule has 0 aliphatic carbocycles. The van der Waals surface area contributed by atoms with Crippen LogP contribution in [0.4, 0.5) is 0 Å². The van der Waals surface area contributed by atoms with Gasteiger partial charge in [-0.2, -0.15) is 5.10 Å². The number of aromatic nitrogens is 6. The van der Waals surface area contributed by atoms with E-state index in [4.69, 9.17) is 4.98 Å². The van der Waals surface area contributed by atoms with Crippen molar-refractivity contribution in [3.8, 4) is 17.1 Å². The third-order valence-corrected chi connectivity index (χ3v) is 4.92. The second kappa shape index (κ2) is 5.99. The van der Waals surface area contributed by atoms with Crippen molar-refractivity contribution in [2.75, 3.05) is 0 Å². The van der Waals surface area contributed by atoms with Gasteiger partial charge in [-0.25, -0.2) is 19.2 Å². The van der Waals surface area contributed by atoms with Crippen LogP contribution in [0.2, 0.25) is 0 Å². The van der Waals surface area contributed by atoms with E-state index in [1.54, 1.807) is 17.0 Å². The molecule has 6 heteroatoms. The van der Waals surface area contributed by atoms with Gasteiger partial charge >= 0.3 is 0 Å². The molecule has 0 atom stereocenters. The maximum Gasteiger partial charge on any atom is 0.182 e. The summed E-state index contributed by atoms with van der Waals surface area (Å²) in [6.07, 6.45) is 3.49. The molecule has 0 amide bonds. The van der Waals surface area contributed by atoms with Crippen LogP contribution >= 0.6 is 0 Å². The molecule has 0 radical (unpaired) electrons. The van der Waals surface area contributed by atoms with Crippen molar-refractivity contribution in [1.29, 1.82) is 0 Å². The van der Waals surface area contributed by atoms with E-state index in [9.17, 15) is 0 Å². The minimum absolute atomic E-state index is 0.118. The van der Waals surface area contributed by atoms with E-state index in [0.29, 0.717) is 5.82 Å². The van der Waals surface area contributed by atoms with Gasteiger partial charge in [0.25, 0.3) is 0 Å². The van der Waals surface area contributed by atoms with Crippen molar-refractivity contribution in [1.82, 2.24) is 29.4 Å². The Hall–Kier alpha value is -3.54. The number of benzene rings is 2. The van der Waals surface area contributed by atoms with Gasteiger partial charge in [-0.05, 0) is 23.1 Å². The summed E-state index contributed by atoms with van der Waals surface area (Å²) < 4.78 is 3.54. The van der Waals surface area contributed by atoms with E-state index >= 15 is 0 Å². The number of hydrogen-bond acceptors (Lipinski definition) is 4.